The zero-order valence-electron chi connectivity index (χ0n) is 4.52. The molecule has 0 radical (unpaired) electrons. The summed E-state index contributed by atoms with van der Waals surface area (Å²) in [5, 5.41) is 0. The van der Waals surface area contributed by atoms with Crippen molar-refractivity contribution < 1.29 is 26.8 Å². The summed E-state index contributed by atoms with van der Waals surface area (Å²) in [4.78, 5) is 15.5. The Morgan fingerprint density at radius 3 is 2.67 bits per heavy atom. The number of aromatic amines is 2. The van der Waals surface area contributed by atoms with Crippen molar-refractivity contribution >= 4 is 5.91 Å². The van der Waals surface area contributed by atoms with E-state index in [-0.39, 0.29) is 17.0 Å². The minimum absolute atomic E-state index is 0. The lowest BCUT2D eigenvalue weighted by atomic mass is 10.5. The average molecular weight is 192 g/mol. The maximum atomic E-state index is 10.2. The van der Waals surface area contributed by atoms with Crippen LogP contribution in [0.3, 0.4) is 0 Å². The van der Waals surface area contributed by atoms with Crippen LogP contribution in [0.5, 0.6) is 0 Å². The van der Waals surface area contributed by atoms with Gasteiger partial charge in [0, 0.05) is 0 Å². The first-order valence-corrected chi connectivity index (χ1v) is 2.15. The molecule has 1 aromatic rings. The van der Waals surface area contributed by atoms with Crippen LogP contribution in [-0.2, 0) is 0 Å². The molecule has 0 aliphatic rings. The van der Waals surface area contributed by atoms with Gasteiger partial charge in [0.1, 0.15) is 6.20 Å². The van der Waals surface area contributed by atoms with Crippen LogP contribution in [0.2, 0.25) is 0 Å². The fraction of sp³-hybridized carbons (Fsp3) is 0. The zero-order valence-corrected chi connectivity index (χ0v) is 6.10. The van der Waals surface area contributed by atoms with Gasteiger partial charge in [0.2, 0.25) is 12.0 Å². The highest BCUT2D eigenvalue weighted by Crippen LogP contribution is 1.81. The van der Waals surface area contributed by atoms with Crippen LogP contribution in [0.1, 0.15) is 10.5 Å². The van der Waals surface area contributed by atoms with Crippen LogP contribution in [0.15, 0.2) is 12.5 Å². The molecule has 5 heteroatoms. The molecule has 0 spiro atoms. The smallest absolute Gasteiger partial charge is 0.292 e. The lowest BCUT2D eigenvalue weighted by Gasteiger charge is -1.74. The third-order valence-corrected chi connectivity index (χ3v) is 0.804. The van der Waals surface area contributed by atoms with Gasteiger partial charge in [-0.1, -0.05) is 0 Å². The highest BCUT2D eigenvalue weighted by atomic mass is 79.9. The van der Waals surface area contributed by atoms with E-state index in [1.807, 2.05) is 0 Å². The van der Waals surface area contributed by atoms with Crippen LogP contribution in [0.4, 0.5) is 0 Å². The van der Waals surface area contributed by atoms with Crippen molar-refractivity contribution in [3.05, 3.63) is 18.2 Å². The molecule has 0 aliphatic heterocycles. The Morgan fingerprint density at radius 1 is 1.78 bits per heavy atom. The number of imidazole rings is 1. The number of H-pyrrole nitrogens is 2. The van der Waals surface area contributed by atoms with Gasteiger partial charge in [-0.05, 0) is 0 Å². The SMILES string of the molecule is NC(=O)c1c[nH+]c[nH]1.[Br-]. The number of hydrogen-bond donors (Lipinski definition) is 2. The van der Waals surface area contributed by atoms with Crippen molar-refractivity contribution in [2.75, 3.05) is 0 Å². The van der Waals surface area contributed by atoms with Gasteiger partial charge in [0.25, 0.3) is 5.91 Å². The van der Waals surface area contributed by atoms with Crippen molar-refractivity contribution in [2.24, 2.45) is 5.73 Å². The quantitative estimate of drug-likeness (QED) is 0.466. The molecule has 0 saturated carbocycles. The largest absolute Gasteiger partial charge is 1.00 e. The van der Waals surface area contributed by atoms with Crippen LogP contribution in [-0.4, -0.2) is 10.9 Å². The van der Waals surface area contributed by atoms with Crippen molar-refractivity contribution in [1.29, 1.82) is 0 Å². The fourth-order valence-corrected chi connectivity index (χ4v) is 0.428. The molecule has 50 valence electrons. The van der Waals surface area contributed by atoms with Crippen LogP contribution < -0.4 is 27.7 Å². The predicted octanol–water partition coefficient (Wildman–Crippen LogP) is -4.07. The summed E-state index contributed by atoms with van der Waals surface area (Å²) in [7, 11) is 0. The number of aromatic nitrogens is 2. The number of halogens is 1. The normalized spacial score (nSPS) is 8.00. The van der Waals surface area contributed by atoms with Gasteiger partial charge in [-0.15, -0.1) is 0 Å². The summed E-state index contributed by atoms with van der Waals surface area (Å²) < 4.78 is 0. The maximum absolute atomic E-state index is 10.2. The molecule has 0 bridgehead atoms. The average Bonchev–Trinajstić information content (AvgIpc) is 2.12. The van der Waals surface area contributed by atoms with Crippen molar-refractivity contribution in [3.63, 3.8) is 0 Å². The standard InChI is InChI=1S/C4H5N3O.BrH/c5-4(8)3-1-6-2-7-3;/h1-2H,(H2,5,8)(H,6,7);1H. The molecule has 0 fully saturated rings. The van der Waals surface area contributed by atoms with Gasteiger partial charge in [0.05, 0.1) is 0 Å². The number of nitrogens with two attached hydrogens (primary N) is 1. The second kappa shape index (κ2) is 3.24. The van der Waals surface area contributed by atoms with E-state index in [2.05, 4.69) is 9.97 Å². The monoisotopic (exact) mass is 191 g/mol. The highest BCUT2D eigenvalue weighted by molar-refractivity contribution is 5.90. The Hall–Kier alpha value is -0.840. The first-order valence-electron chi connectivity index (χ1n) is 2.15. The zero-order chi connectivity index (χ0) is 5.98. The molecule has 1 amide bonds. The Balaban J connectivity index is 0.000000640. The first-order chi connectivity index (χ1) is 3.80. The molecule has 9 heavy (non-hydrogen) atoms. The van der Waals surface area contributed by atoms with E-state index >= 15 is 0 Å². The summed E-state index contributed by atoms with van der Waals surface area (Å²) in [6.07, 6.45) is 3.03. The topological polar surface area (TPSA) is 73.0 Å². The molecule has 1 rings (SSSR count). The van der Waals surface area contributed by atoms with Gasteiger partial charge >= 0.3 is 0 Å². The van der Waals surface area contributed by atoms with Crippen LogP contribution >= 0.6 is 0 Å². The lowest BCUT2D eigenvalue weighted by Crippen LogP contribution is -3.00. The van der Waals surface area contributed by atoms with E-state index in [1.54, 1.807) is 0 Å². The molecular formula is C4H6BrN3O. The second-order valence-corrected chi connectivity index (χ2v) is 1.38. The van der Waals surface area contributed by atoms with E-state index in [9.17, 15) is 4.79 Å². The highest BCUT2D eigenvalue weighted by Gasteiger charge is 2.03. The Morgan fingerprint density at radius 2 is 2.44 bits per heavy atom. The molecular weight excluding hydrogens is 186 g/mol. The summed E-state index contributed by atoms with van der Waals surface area (Å²) >= 11 is 0. The number of primary amides is 1. The fourth-order valence-electron chi connectivity index (χ4n) is 0.428. The molecule has 1 aromatic heterocycles. The number of nitrogens with one attached hydrogen (secondary N) is 2. The van der Waals surface area contributed by atoms with Crippen molar-refractivity contribution in [3.8, 4) is 0 Å². The van der Waals surface area contributed by atoms with Gasteiger partial charge in [-0.2, -0.15) is 0 Å². The molecule has 0 unspecified atom stereocenters. The number of rotatable bonds is 1. The first kappa shape index (κ1) is 8.16. The van der Waals surface area contributed by atoms with Gasteiger partial charge in [-0.25, -0.2) is 9.97 Å². The van der Waals surface area contributed by atoms with E-state index in [0.717, 1.165) is 0 Å². The van der Waals surface area contributed by atoms with Crippen LogP contribution in [0, 0.1) is 0 Å². The van der Waals surface area contributed by atoms with Crippen molar-refractivity contribution in [2.45, 2.75) is 0 Å². The third-order valence-electron chi connectivity index (χ3n) is 0.804. The number of carbonyl (C=O) groups excluding carboxylic acids is 1. The Kier molecular flexibility index (Phi) is 2.94. The van der Waals surface area contributed by atoms with E-state index in [1.165, 1.54) is 12.5 Å². The van der Waals surface area contributed by atoms with Gasteiger partial charge < -0.3 is 22.7 Å². The molecule has 0 aliphatic carbocycles. The number of hydrogen-bond acceptors (Lipinski definition) is 1. The third kappa shape index (κ3) is 1.85. The van der Waals surface area contributed by atoms with Gasteiger partial charge in [-0.3, -0.25) is 4.79 Å². The minimum Gasteiger partial charge on any atom is -1.00 e. The van der Waals surface area contributed by atoms with Crippen molar-refractivity contribution in [1.82, 2.24) is 4.98 Å². The molecule has 0 saturated heterocycles. The predicted molar refractivity (Wildman–Crippen MR) is 25.9 cm³/mol. The van der Waals surface area contributed by atoms with E-state index < -0.39 is 5.91 Å². The molecule has 0 aromatic carbocycles. The van der Waals surface area contributed by atoms with E-state index in [0.29, 0.717) is 5.69 Å². The molecule has 0 atom stereocenters. The minimum atomic E-state index is -0.453. The number of amides is 1. The van der Waals surface area contributed by atoms with Crippen LogP contribution in [0.25, 0.3) is 0 Å². The van der Waals surface area contributed by atoms with E-state index in [4.69, 9.17) is 5.73 Å². The molecule has 1 heterocycles. The summed E-state index contributed by atoms with van der Waals surface area (Å²) in [5.41, 5.74) is 5.26. The van der Waals surface area contributed by atoms with Gasteiger partial charge in [0.15, 0.2) is 0 Å². The second-order valence-electron chi connectivity index (χ2n) is 1.38. The Bertz CT molecular complexity index is 184. The maximum Gasteiger partial charge on any atom is 0.292 e. The lowest BCUT2D eigenvalue weighted by molar-refractivity contribution is -0.375. The summed E-state index contributed by atoms with van der Waals surface area (Å²) in [6.45, 7) is 0. The number of carbonyl (C=O) groups is 1. The summed E-state index contributed by atoms with van der Waals surface area (Å²) in [6, 6.07) is 0. The Labute approximate surface area is 62.2 Å². The molecule has 4 N–H and O–H groups in total. The summed E-state index contributed by atoms with van der Waals surface area (Å²) in [5.74, 6) is -0.453. The molecule has 4 nitrogen and oxygen atoms in total.